The summed E-state index contributed by atoms with van der Waals surface area (Å²) < 4.78 is 14.0. The Kier molecular flexibility index (Phi) is 8.75. The Labute approximate surface area is 181 Å². The van der Waals surface area contributed by atoms with E-state index in [0.29, 0.717) is 12.2 Å². The maximum absolute atomic E-state index is 14.0. The maximum Gasteiger partial charge on any atom is 0.194 e. The molecule has 1 aliphatic heterocycles. The van der Waals surface area contributed by atoms with E-state index in [-0.39, 0.29) is 29.8 Å². The van der Waals surface area contributed by atoms with Crippen LogP contribution >= 0.6 is 35.3 Å². The fourth-order valence-corrected chi connectivity index (χ4v) is 3.77. The lowest BCUT2D eigenvalue weighted by Crippen LogP contribution is -2.52. The minimum atomic E-state index is -0.156. The average Bonchev–Trinajstić information content (AvgIpc) is 3.14. The van der Waals surface area contributed by atoms with Crippen LogP contribution in [0.15, 0.2) is 34.6 Å². The molecule has 0 radical (unpaired) electrons. The Bertz CT molecular complexity index is 743. The molecule has 0 atom stereocenters. The number of hydrogen-bond donors (Lipinski definition) is 1. The van der Waals surface area contributed by atoms with Gasteiger partial charge in [0.25, 0.3) is 0 Å². The third kappa shape index (κ3) is 5.78. The number of rotatable bonds is 5. The summed E-state index contributed by atoms with van der Waals surface area (Å²) in [6.45, 7) is 8.79. The van der Waals surface area contributed by atoms with Gasteiger partial charge in [-0.15, -0.1) is 35.3 Å². The largest absolute Gasteiger partial charge is 0.366 e. The topological polar surface area (TPSA) is 43.8 Å². The van der Waals surface area contributed by atoms with Gasteiger partial charge in [-0.3, -0.25) is 0 Å². The van der Waals surface area contributed by atoms with E-state index in [1.807, 2.05) is 12.1 Å². The Morgan fingerprint density at radius 2 is 1.96 bits per heavy atom. The molecule has 8 heteroatoms. The second kappa shape index (κ2) is 10.8. The Hall–Kier alpha value is -1.42. The molecule has 2 heterocycles. The van der Waals surface area contributed by atoms with Crippen molar-refractivity contribution in [3.05, 3.63) is 46.2 Å². The Morgan fingerprint density at radius 1 is 1.22 bits per heavy atom. The standard InChI is InChI=1S/C19H26FN5S.HI/c1-3-18-23-15(14-26-18)13-22-19(21-4-2)25-11-9-24(10-12-25)17-8-6-5-7-16(17)20;/h5-8,14H,3-4,9-13H2,1-2H3,(H,21,22);1H. The van der Waals surface area contributed by atoms with Crippen LogP contribution in [0.1, 0.15) is 24.5 Å². The summed E-state index contributed by atoms with van der Waals surface area (Å²) in [6.07, 6.45) is 0.965. The average molecular weight is 503 g/mol. The van der Waals surface area contributed by atoms with E-state index in [9.17, 15) is 4.39 Å². The van der Waals surface area contributed by atoms with Gasteiger partial charge in [-0.25, -0.2) is 14.4 Å². The number of thiazole rings is 1. The number of anilines is 1. The van der Waals surface area contributed by atoms with E-state index in [1.54, 1.807) is 17.4 Å². The van der Waals surface area contributed by atoms with E-state index >= 15 is 0 Å². The van der Waals surface area contributed by atoms with E-state index in [4.69, 9.17) is 4.99 Å². The number of aromatic nitrogens is 1. The molecule has 2 aromatic rings. The van der Waals surface area contributed by atoms with Gasteiger partial charge in [0, 0.05) is 38.1 Å². The number of nitrogens with one attached hydrogen (secondary N) is 1. The summed E-state index contributed by atoms with van der Waals surface area (Å²) in [7, 11) is 0. The number of aliphatic imine (C=N–C) groups is 1. The molecule has 1 aromatic heterocycles. The van der Waals surface area contributed by atoms with Crippen LogP contribution < -0.4 is 10.2 Å². The van der Waals surface area contributed by atoms with E-state index in [2.05, 4.69) is 39.3 Å². The van der Waals surface area contributed by atoms with E-state index < -0.39 is 0 Å². The molecule has 5 nitrogen and oxygen atoms in total. The molecule has 1 saturated heterocycles. The van der Waals surface area contributed by atoms with Crippen molar-refractivity contribution in [2.75, 3.05) is 37.6 Å². The van der Waals surface area contributed by atoms with E-state index in [1.165, 1.54) is 6.07 Å². The van der Waals surface area contributed by atoms with Crippen LogP contribution in [0.3, 0.4) is 0 Å². The van der Waals surface area contributed by atoms with Gasteiger partial charge in [0.2, 0.25) is 0 Å². The predicted molar refractivity (Wildman–Crippen MR) is 122 cm³/mol. The number of piperazine rings is 1. The highest BCUT2D eigenvalue weighted by molar-refractivity contribution is 14.0. The maximum atomic E-state index is 14.0. The molecule has 148 valence electrons. The van der Waals surface area contributed by atoms with Crippen LogP contribution in [-0.2, 0) is 13.0 Å². The predicted octanol–water partition coefficient (Wildman–Crippen LogP) is 3.75. The van der Waals surface area contributed by atoms with Gasteiger partial charge in [0.1, 0.15) is 5.82 Å². The molecular weight excluding hydrogens is 476 g/mol. The second-order valence-electron chi connectivity index (χ2n) is 6.18. The minimum Gasteiger partial charge on any atom is -0.366 e. The molecule has 0 spiro atoms. The third-order valence-corrected chi connectivity index (χ3v) is 5.44. The third-order valence-electron chi connectivity index (χ3n) is 4.40. The molecular formula is C19H27FIN5S. The lowest BCUT2D eigenvalue weighted by atomic mass is 10.2. The van der Waals surface area contributed by atoms with Crippen LogP contribution in [0.2, 0.25) is 0 Å². The van der Waals surface area contributed by atoms with Crippen molar-refractivity contribution in [1.82, 2.24) is 15.2 Å². The molecule has 1 N–H and O–H groups in total. The summed E-state index contributed by atoms with van der Waals surface area (Å²) in [5.41, 5.74) is 1.70. The number of halogens is 2. The zero-order valence-corrected chi connectivity index (χ0v) is 19.0. The van der Waals surface area contributed by atoms with Crippen LogP contribution in [0.5, 0.6) is 0 Å². The molecule has 0 unspecified atom stereocenters. The quantitative estimate of drug-likeness (QED) is 0.384. The first-order valence-corrected chi connectivity index (χ1v) is 10.0. The van der Waals surface area contributed by atoms with Crippen LogP contribution in [0.25, 0.3) is 0 Å². The monoisotopic (exact) mass is 503 g/mol. The SMILES string of the molecule is CCNC(=NCc1csc(CC)n1)N1CCN(c2ccccc2F)CC1.I. The normalized spacial score (nSPS) is 14.9. The van der Waals surface area contributed by atoms with Gasteiger partial charge in [-0.1, -0.05) is 19.1 Å². The molecule has 1 aromatic carbocycles. The minimum absolute atomic E-state index is 0. The smallest absolute Gasteiger partial charge is 0.194 e. The highest BCUT2D eigenvalue weighted by Crippen LogP contribution is 2.20. The van der Waals surface area contributed by atoms with E-state index in [0.717, 1.165) is 55.8 Å². The highest BCUT2D eigenvalue weighted by Gasteiger charge is 2.21. The summed E-state index contributed by atoms with van der Waals surface area (Å²) >= 11 is 1.69. The zero-order chi connectivity index (χ0) is 18.4. The summed E-state index contributed by atoms with van der Waals surface area (Å²) in [5.74, 6) is 0.753. The molecule has 1 aliphatic rings. The van der Waals surface area contributed by atoms with Gasteiger partial charge < -0.3 is 15.1 Å². The van der Waals surface area contributed by atoms with Gasteiger partial charge in [0.05, 0.1) is 22.9 Å². The van der Waals surface area contributed by atoms with Crippen molar-refractivity contribution >= 4 is 47.0 Å². The Balaban J connectivity index is 0.00000261. The second-order valence-corrected chi connectivity index (χ2v) is 7.12. The fraction of sp³-hybridized carbons (Fsp3) is 0.474. The summed E-state index contributed by atoms with van der Waals surface area (Å²) in [5, 5.41) is 6.61. The van der Waals surface area contributed by atoms with Crippen molar-refractivity contribution in [3.8, 4) is 0 Å². The molecule has 0 bridgehead atoms. The van der Waals surface area contributed by atoms with Gasteiger partial charge in [-0.2, -0.15) is 0 Å². The van der Waals surface area contributed by atoms with Gasteiger partial charge in [-0.05, 0) is 25.5 Å². The number of aryl methyl sites for hydroxylation is 1. The number of nitrogens with zero attached hydrogens (tertiary/aromatic N) is 4. The first kappa shape index (κ1) is 21.9. The Morgan fingerprint density at radius 3 is 2.59 bits per heavy atom. The van der Waals surface area contributed by atoms with Crippen molar-refractivity contribution in [3.63, 3.8) is 0 Å². The summed E-state index contributed by atoms with van der Waals surface area (Å²) in [4.78, 5) is 13.7. The van der Waals surface area contributed by atoms with Crippen LogP contribution in [0, 0.1) is 5.82 Å². The van der Waals surface area contributed by atoms with Crippen molar-refractivity contribution in [2.24, 2.45) is 4.99 Å². The van der Waals surface area contributed by atoms with Crippen LogP contribution in [-0.4, -0.2) is 48.6 Å². The number of benzene rings is 1. The molecule has 27 heavy (non-hydrogen) atoms. The molecule has 1 fully saturated rings. The van der Waals surface area contributed by atoms with Crippen LogP contribution in [0.4, 0.5) is 10.1 Å². The molecule has 3 rings (SSSR count). The van der Waals surface area contributed by atoms with Gasteiger partial charge >= 0.3 is 0 Å². The number of hydrogen-bond acceptors (Lipinski definition) is 4. The highest BCUT2D eigenvalue weighted by atomic mass is 127. The van der Waals surface area contributed by atoms with Crippen molar-refractivity contribution < 1.29 is 4.39 Å². The lowest BCUT2D eigenvalue weighted by Gasteiger charge is -2.37. The first-order valence-electron chi connectivity index (χ1n) is 9.17. The first-order chi connectivity index (χ1) is 12.7. The number of para-hydroxylation sites is 1. The lowest BCUT2D eigenvalue weighted by molar-refractivity contribution is 0.370. The van der Waals surface area contributed by atoms with Crippen molar-refractivity contribution in [2.45, 2.75) is 26.8 Å². The summed E-state index contributed by atoms with van der Waals surface area (Å²) in [6, 6.07) is 6.98. The molecule has 0 amide bonds. The van der Waals surface area contributed by atoms with Gasteiger partial charge in [0.15, 0.2) is 5.96 Å². The molecule has 0 saturated carbocycles. The van der Waals surface area contributed by atoms with Crippen molar-refractivity contribution in [1.29, 1.82) is 0 Å². The molecule has 0 aliphatic carbocycles. The zero-order valence-electron chi connectivity index (χ0n) is 15.8. The fourth-order valence-electron chi connectivity index (χ4n) is 3.03. The number of guanidine groups is 1.